The van der Waals surface area contributed by atoms with E-state index in [0.29, 0.717) is 11.4 Å². The quantitative estimate of drug-likeness (QED) is 0.438. The maximum atomic E-state index is 7.38. The fourth-order valence-corrected chi connectivity index (χ4v) is 1.24. The summed E-state index contributed by atoms with van der Waals surface area (Å²) in [6, 6.07) is 3.52. The molecule has 0 aromatic carbocycles. The van der Waals surface area contributed by atoms with Crippen molar-refractivity contribution in [2.24, 2.45) is 11.5 Å². The topological polar surface area (TPSA) is 113 Å². The average molecular weight is 219 g/mol. The number of rotatable bonds is 2. The smallest absolute Gasteiger partial charge is 0.141 e. The van der Waals surface area contributed by atoms with Gasteiger partial charge in [0.15, 0.2) is 0 Å². The molecule has 0 amide bonds. The van der Waals surface area contributed by atoms with Gasteiger partial charge in [0.05, 0.1) is 0 Å². The second kappa shape index (κ2) is 3.92. The van der Waals surface area contributed by atoms with Crippen molar-refractivity contribution in [1.82, 2.24) is 4.98 Å². The predicted molar refractivity (Wildman–Crippen MR) is 65.0 cm³/mol. The summed E-state index contributed by atoms with van der Waals surface area (Å²) in [4.78, 5) is 4.05. The third-order valence-electron chi connectivity index (χ3n) is 2.24. The van der Waals surface area contributed by atoms with Crippen molar-refractivity contribution >= 4 is 11.7 Å². The number of nitrogen functional groups attached to an aromatic ring is 2. The zero-order chi connectivity index (χ0) is 12.5. The molecule has 16 heavy (non-hydrogen) atoms. The number of pyridine rings is 1. The molecule has 0 saturated heterocycles. The molecule has 0 bridgehead atoms. The normalized spacial score (nSPS) is 11.2. The van der Waals surface area contributed by atoms with Crippen LogP contribution in [0.4, 0.5) is 0 Å². The highest BCUT2D eigenvalue weighted by atomic mass is 14.9. The van der Waals surface area contributed by atoms with Crippen molar-refractivity contribution in [3.8, 4) is 0 Å². The van der Waals surface area contributed by atoms with Crippen LogP contribution in [0.2, 0.25) is 0 Å². The number of nitrogens with one attached hydrogen (secondary N) is 2. The Labute approximate surface area is 94.9 Å². The molecule has 86 valence electrons. The molecule has 5 nitrogen and oxygen atoms in total. The molecule has 0 saturated carbocycles. The van der Waals surface area contributed by atoms with E-state index in [-0.39, 0.29) is 17.1 Å². The van der Waals surface area contributed by atoms with E-state index in [9.17, 15) is 0 Å². The predicted octanol–water partition coefficient (Wildman–Crippen LogP) is 0.947. The van der Waals surface area contributed by atoms with E-state index >= 15 is 0 Å². The molecule has 5 heteroatoms. The third kappa shape index (κ3) is 2.56. The summed E-state index contributed by atoms with van der Waals surface area (Å²) in [5.74, 6) is -0.234. The van der Waals surface area contributed by atoms with Gasteiger partial charge in [0.1, 0.15) is 23.1 Å². The first-order valence-corrected chi connectivity index (χ1v) is 4.93. The number of nitrogens with zero attached hydrogens (tertiary/aromatic N) is 1. The lowest BCUT2D eigenvalue weighted by molar-refractivity contribution is 0.589. The Morgan fingerprint density at radius 3 is 1.69 bits per heavy atom. The highest BCUT2D eigenvalue weighted by Gasteiger charge is 2.17. The minimum atomic E-state index is -0.117. The van der Waals surface area contributed by atoms with Crippen LogP contribution in [-0.4, -0.2) is 16.7 Å². The Kier molecular flexibility index (Phi) is 2.98. The van der Waals surface area contributed by atoms with Gasteiger partial charge in [-0.1, -0.05) is 20.8 Å². The van der Waals surface area contributed by atoms with Crippen molar-refractivity contribution in [3.63, 3.8) is 0 Å². The van der Waals surface area contributed by atoms with Gasteiger partial charge in [0.2, 0.25) is 0 Å². The van der Waals surface area contributed by atoms with Gasteiger partial charge in [0.25, 0.3) is 0 Å². The van der Waals surface area contributed by atoms with Crippen molar-refractivity contribution in [2.45, 2.75) is 26.2 Å². The van der Waals surface area contributed by atoms with E-state index in [1.807, 2.05) is 20.8 Å². The Morgan fingerprint density at radius 1 is 1.06 bits per heavy atom. The summed E-state index contributed by atoms with van der Waals surface area (Å²) in [6.45, 7) is 6.11. The van der Waals surface area contributed by atoms with E-state index in [1.165, 1.54) is 0 Å². The van der Waals surface area contributed by atoms with Gasteiger partial charge in [-0.25, -0.2) is 4.98 Å². The number of hydrogen-bond donors (Lipinski definition) is 4. The van der Waals surface area contributed by atoms with Crippen LogP contribution in [-0.2, 0) is 5.41 Å². The number of hydrogen-bond acceptors (Lipinski definition) is 3. The van der Waals surface area contributed by atoms with Crippen LogP contribution >= 0.6 is 0 Å². The molecule has 0 aliphatic heterocycles. The minimum Gasteiger partial charge on any atom is -0.382 e. The van der Waals surface area contributed by atoms with Crippen molar-refractivity contribution < 1.29 is 0 Å². The van der Waals surface area contributed by atoms with Gasteiger partial charge in [0, 0.05) is 0 Å². The lowest BCUT2D eigenvalue weighted by atomic mass is 9.86. The zero-order valence-corrected chi connectivity index (χ0v) is 9.76. The summed E-state index contributed by atoms with van der Waals surface area (Å²) >= 11 is 0. The van der Waals surface area contributed by atoms with Gasteiger partial charge in [-0.05, 0) is 23.1 Å². The van der Waals surface area contributed by atoms with E-state index in [4.69, 9.17) is 22.3 Å². The van der Waals surface area contributed by atoms with E-state index in [2.05, 4.69) is 4.98 Å². The first kappa shape index (κ1) is 12.2. The third-order valence-corrected chi connectivity index (χ3v) is 2.24. The molecule has 6 N–H and O–H groups in total. The standard InChI is InChI=1S/C11H17N5/c1-11(2,3)6-4-7(9(12)13)16-8(5-6)10(14)15/h4-5H,1-3H3,(H3,12,13)(H3,14,15). The molecule has 0 radical (unpaired) electrons. The fraction of sp³-hybridized carbons (Fsp3) is 0.364. The van der Waals surface area contributed by atoms with Crippen LogP contribution in [0.1, 0.15) is 37.7 Å². The average Bonchev–Trinajstić information content (AvgIpc) is 2.15. The minimum absolute atomic E-state index is 0.0999. The Morgan fingerprint density at radius 2 is 1.44 bits per heavy atom. The molecule has 0 aliphatic rings. The molecule has 1 heterocycles. The van der Waals surface area contributed by atoms with Crippen LogP contribution in [0.3, 0.4) is 0 Å². The van der Waals surface area contributed by atoms with E-state index in [0.717, 1.165) is 5.56 Å². The molecule has 0 atom stereocenters. The summed E-state index contributed by atoms with van der Waals surface area (Å²) in [5.41, 5.74) is 12.4. The van der Waals surface area contributed by atoms with Crippen LogP contribution in [0.15, 0.2) is 12.1 Å². The van der Waals surface area contributed by atoms with Crippen LogP contribution in [0.5, 0.6) is 0 Å². The second-order valence-corrected chi connectivity index (χ2v) is 4.70. The van der Waals surface area contributed by atoms with Crippen molar-refractivity contribution in [3.05, 3.63) is 29.1 Å². The molecule has 0 aliphatic carbocycles. The van der Waals surface area contributed by atoms with Crippen LogP contribution in [0.25, 0.3) is 0 Å². The summed E-state index contributed by atoms with van der Waals surface area (Å²) < 4.78 is 0. The maximum Gasteiger partial charge on any atom is 0.141 e. The summed E-state index contributed by atoms with van der Waals surface area (Å²) in [6.07, 6.45) is 0. The monoisotopic (exact) mass is 219 g/mol. The molecule has 1 aromatic rings. The molecular weight excluding hydrogens is 202 g/mol. The lowest BCUT2D eigenvalue weighted by Crippen LogP contribution is -2.22. The van der Waals surface area contributed by atoms with Gasteiger partial charge in [-0.15, -0.1) is 0 Å². The van der Waals surface area contributed by atoms with Crippen molar-refractivity contribution in [1.29, 1.82) is 10.8 Å². The first-order valence-electron chi connectivity index (χ1n) is 4.93. The van der Waals surface area contributed by atoms with E-state index in [1.54, 1.807) is 12.1 Å². The maximum absolute atomic E-state index is 7.38. The second-order valence-electron chi connectivity index (χ2n) is 4.70. The number of nitrogens with two attached hydrogens (primary N) is 2. The fourth-order valence-electron chi connectivity index (χ4n) is 1.24. The SMILES string of the molecule is CC(C)(C)c1cc(C(=N)N)nc(C(=N)N)c1. The van der Waals surface area contributed by atoms with Gasteiger partial charge in [-0.3, -0.25) is 10.8 Å². The Bertz CT molecular complexity index is 410. The molecular formula is C11H17N5. The molecule has 1 rings (SSSR count). The van der Waals surface area contributed by atoms with Gasteiger partial charge in [-0.2, -0.15) is 0 Å². The van der Waals surface area contributed by atoms with E-state index < -0.39 is 0 Å². The Hall–Kier alpha value is -1.91. The molecule has 1 aromatic heterocycles. The zero-order valence-electron chi connectivity index (χ0n) is 9.76. The van der Waals surface area contributed by atoms with Crippen LogP contribution in [0, 0.1) is 10.8 Å². The number of amidine groups is 2. The van der Waals surface area contributed by atoms with Gasteiger partial charge >= 0.3 is 0 Å². The molecule has 0 unspecified atom stereocenters. The largest absolute Gasteiger partial charge is 0.382 e. The Balaban J connectivity index is 3.42. The summed E-state index contributed by atoms with van der Waals surface area (Å²) in [5, 5.41) is 14.8. The molecule has 0 fully saturated rings. The van der Waals surface area contributed by atoms with Crippen molar-refractivity contribution in [2.75, 3.05) is 0 Å². The number of aromatic nitrogens is 1. The van der Waals surface area contributed by atoms with Crippen LogP contribution < -0.4 is 11.5 Å². The lowest BCUT2D eigenvalue weighted by Gasteiger charge is -2.20. The highest BCUT2D eigenvalue weighted by molar-refractivity contribution is 5.97. The van der Waals surface area contributed by atoms with Gasteiger partial charge < -0.3 is 11.5 Å². The molecule has 0 spiro atoms. The first-order chi connectivity index (χ1) is 7.21. The summed E-state index contributed by atoms with van der Waals surface area (Å²) in [7, 11) is 0. The highest BCUT2D eigenvalue weighted by Crippen LogP contribution is 2.23.